The fourth-order valence-corrected chi connectivity index (χ4v) is 2.31. The molecule has 0 aromatic heterocycles. The lowest BCUT2D eigenvalue weighted by molar-refractivity contribution is -0.135. The zero-order valence-corrected chi connectivity index (χ0v) is 9.58. The number of ether oxygens (including phenoxy) is 1. The van der Waals surface area contributed by atoms with Crippen molar-refractivity contribution >= 4 is 5.78 Å². The van der Waals surface area contributed by atoms with Crippen LogP contribution in [0.25, 0.3) is 0 Å². The summed E-state index contributed by atoms with van der Waals surface area (Å²) in [7, 11) is 1.67. The number of rotatable bonds is 4. The molecular weight excluding hydrogens is 176 g/mol. The van der Waals surface area contributed by atoms with Crippen molar-refractivity contribution in [2.45, 2.75) is 52.1 Å². The SMILES string of the molecule is CO[C@H](C(=O)C(C)C)C1CCCCC1. The summed E-state index contributed by atoms with van der Waals surface area (Å²) in [6.07, 6.45) is 6.03. The van der Waals surface area contributed by atoms with Gasteiger partial charge in [0.15, 0.2) is 5.78 Å². The Hall–Kier alpha value is -0.370. The van der Waals surface area contributed by atoms with E-state index in [0.717, 1.165) is 12.8 Å². The van der Waals surface area contributed by atoms with Crippen LogP contribution < -0.4 is 0 Å². The third kappa shape index (κ3) is 2.81. The second-order valence-corrected chi connectivity index (χ2v) is 4.61. The highest BCUT2D eigenvalue weighted by Crippen LogP contribution is 2.29. The summed E-state index contributed by atoms with van der Waals surface area (Å²) >= 11 is 0. The van der Waals surface area contributed by atoms with Crippen LogP contribution in [0.5, 0.6) is 0 Å². The average Bonchev–Trinajstić information content (AvgIpc) is 2.20. The van der Waals surface area contributed by atoms with E-state index in [1.807, 2.05) is 13.8 Å². The van der Waals surface area contributed by atoms with Gasteiger partial charge in [0, 0.05) is 13.0 Å². The third-order valence-corrected chi connectivity index (χ3v) is 3.18. The van der Waals surface area contributed by atoms with Gasteiger partial charge in [0.2, 0.25) is 0 Å². The topological polar surface area (TPSA) is 26.3 Å². The Morgan fingerprint density at radius 2 is 1.79 bits per heavy atom. The second kappa shape index (κ2) is 5.50. The van der Waals surface area contributed by atoms with Gasteiger partial charge < -0.3 is 4.74 Å². The molecule has 1 fully saturated rings. The summed E-state index contributed by atoms with van der Waals surface area (Å²) in [6.45, 7) is 3.91. The van der Waals surface area contributed by atoms with E-state index in [1.165, 1.54) is 19.3 Å². The van der Waals surface area contributed by atoms with E-state index >= 15 is 0 Å². The highest BCUT2D eigenvalue weighted by Gasteiger charge is 2.30. The quantitative estimate of drug-likeness (QED) is 0.694. The molecule has 2 heteroatoms. The maximum absolute atomic E-state index is 11.8. The minimum absolute atomic E-state index is 0.0990. The van der Waals surface area contributed by atoms with Gasteiger partial charge >= 0.3 is 0 Å². The van der Waals surface area contributed by atoms with Crippen molar-refractivity contribution in [1.82, 2.24) is 0 Å². The molecular formula is C12H22O2. The van der Waals surface area contributed by atoms with Crippen LogP contribution in [0.1, 0.15) is 46.0 Å². The first-order valence-electron chi connectivity index (χ1n) is 5.73. The summed E-state index contributed by atoms with van der Waals surface area (Å²) in [5, 5.41) is 0. The van der Waals surface area contributed by atoms with Crippen molar-refractivity contribution in [2.24, 2.45) is 11.8 Å². The number of methoxy groups -OCH3 is 1. The van der Waals surface area contributed by atoms with Crippen LogP contribution in [0.15, 0.2) is 0 Å². The number of hydrogen-bond acceptors (Lipinski definition) is 2. The molecule has 0 spiro atoms. The minimum Gasteiger partial charge on any atom is -0.373 e. The highest BCUT2D eigenvalue weighted by molar-refractivity contribution is 5.85. The second-order valence-electron chi connectivity index (χ2n) is 4.61. The van der Waals surface area contributed by atoms with E-state index in [-0.39, 0.29) is 17.8 Å². The highest BCUT2D eigenvalue weighted by atomic mass is 16.5. The van der Waals surface area contributed by atoms with Crippen LogP contribution in [-0.2, 0) is 9.53 Å². The number of hydrogen-bond donors (Lipinski definition) is 0. The summed E-state index contributed by atoms with van der Waals surface area (Å²) in [5.74, 6) is 0.852. The average molecular weight is 198 g/mol. The Kier molecular flexibility index (Phi) is 4.59. The number of carbonyl (C=O) groups is 1. The fourth-order valence-electron chi connectivity index (χ4n) is 2.31. The molecule has 82 valence electrons. The van der Waals surface area contributed by atoms with E-state index in [4.69, 9.17) is 4.74 Å². The molecule has 1 aliphatic rings. The molecule has 0 N–H and O–H groups in total. The largest absolute Gasteiger partial charge is 0.373 e. The Labute approximate surface area is 87.0 Å². The molecule has 0 heterocycles. The van der Waals surface area contributed by atoms with E-state index in [2.05, 4.69) is 0 Å². The van der Waals surface area contributed by atoms with Crippen LogP contribution in [-0.4, -0.2) is 19.0 Å². The normalized spacial score (nSPS) is 21.1. The molecule has 1 atom stereocenters. The lowest BCUT2D eigenvalue weighted by Gasteiger charge is -2.29. The summed E-state index contributed by atoms with van der Waals surface area (Å²) in [6, 6.07) is 0. The molecule has 2 nitrogen and oxygen atoms in total. The van der Waals surface area contributed by atoms with Crippen molar-refractivity contribution in [3.63, 3.8) is 0 Å². The van der Waals surface area contributed by atoms with Gasteiger partial charge in [-0.3, -0.25) is 4.79 Å². The zero-order valence-electron chi connectivity index (χ0n) is 9.58. The number of Topliss-reactive ketones (excluding diaryl/α,β-unsaturated/α-hetero) is 1. The van der Waals surface area contributed by atoms with E-state index in [0.29, 0.717) is 5.92 Å². The molecule has 0 bridgehead atoms. The molecule has 0 unspecified atom stereocenters. The molecule has 1 rings (SSSR count). The van der Waals surface area contributed by atoms with Crippen molar-refractivity contribution < 1.29 is 9.53 Å². The van der Waals surface area contributed by atoms with Gasteiger partial charge in [0.25, 0.3) is 0 Å². The standard InChI is InChI=1S/C12H22O2/c1-9(2)11(13)12(14-3)10-7-5-4-6-8-10/h9-10,12H,4-8H2,1-3H3/t12-/m0/s1. The van der Waals surface area contributed by atoms with Gasteiger partial charge in [0.05, 0.1) is 0 Å². The summed E-state index contributed by atoms with van der Waals surface area (Å²) in [4.78, 5) is 11.8. The Morgan fingerprint density at radius 3 is 2.21 bits per heavy atom. The van der Waals surface area contributed by atoms with E-state index in [9.17, 15) is 4.79 Å². The molecule has 14 heavy (non-hydrogen) atoms. The maximum Gasteiger partial charge on any atom is 0.164 e. The van der Waals surface area contributed by atoms with Crippen molar-refractivity contribution in [3.8, 4) is 0 Å². The molecule has 1 aliphatic carbocycles. The van der Waals surface area contributed by atoms with E-state index in [1.54, 1.807) is 7.11 Å². The van der Waals surface area contributed by atoms with Gasteiger partial charge in [-0.2, -0.15) is 0 Å². The summed E-state index contributed by atoms with van der Waals surface area (Å²) in [5.41, 5.74) is 0. The monoisotopic (exact) mass is 198 g/mol. The first kappa shape index (κ1) is 11.7. The van der Waals surface area contributed by atoms with Crippen LogP contribution in [0.3, 0.4) is 0 Å². The molecule has 0 aromatic rings. The molecule has 0 saturated heterocycles. The van der Waals surface area contributed by atoms with Gasteiger partial charge in [-0.25, -0.2) is 0 Å². The van der Waals surface area contributed by atoms with Gasteiger partial charge in [-0.05, 0) is 18.8 Å². The van der Waals surface area contributed by atoms with Crippen LogP contribution in [0.2, 0.25) is 0 Å². The summed E-state index contributed by atoms with van der Waals surface area (Å²) < 4.78 is 5.36. The molecule has 1 saturated carbocycles. The van der Waals surface area contributed by atoms with E-state index < -0.39 is 0 Å². The number of ketones is 1. The predicted molar refractivity (Wildman–Crippen MR) is 57.2 cm³/mol. The maximum atomic E-state index is 11.8. The number of carbonyl (C=O) groups excluding carboxylic acids is 1. The molecule has 0 aromatic carbocycles. The van der Waals surface area contributed by atoms with Gasteiger partial charge in [0.1, 0.15) is 6.10 Å². The molecule has 0 aliphatic heterocycles. The van der Waals surface area contributed by atoms with Gasteiger partial charge in [-0.1, -0.05) is 33.1 Å². The van der Waals surface area contributed by atoms with Crippen molar-refractivity contribution in [3.05, 3.63) is 0 Å². The van der Waals surface area contributed by atoms with Crippen molar-refractivity contribution in [2.75, 3.05) is 7.11 Å². The smallest absolute Gasteiger partial charge is 0.164 e. The van der Waals surface area contributed by atoms with Crippen LogP contribution >= 0.6 is 0 Å². The van der Waals surface area contributed by atoms with Gasteiger partial charge in [-0.15, -0.1) is 0 Å². The first-order chi connectivity index (χ1) is 6.66. The Balaban J connectivity index is 2.55. The van der Waals surface area contributed by atoms with Crippen LogP contribution in [0.4, 0.5) is 0 Å². The Morgan fingerprint density at radius 1 is 1.21 bits per heavy atom. The predicted octanol–water partition coefficient (Wildman–Crippen LogP) is 2.81. The Bertz CT molecular complexity index is 181. The zero-order chi connectivity index (χ0) is 10.6. The third-order valence-electron chi connectivity index (χ3n) is 3.18. The van der Waals surface area contributed by atoms with Crippen LogP contribution in [0, 0.1) is 11.8 Å². The first-order valence-corrected chi connectivity index (χ1v) is 5.73. The fraction of sp³-hybridized carbons (Fsp3) is 0.917. The lowest BCUT2D eigenvalue weighted by Crippen LogP contribution is -2.35. The molecule has 0 radical (unpaired) electrons. The molecule has 0 amide bonds. The minimum atomic E-state index is -0.143. The van der Waals surface area contributed by atoms with Crippen molar-refractivity contribution in [1.29, 1.82) is 0 Å². The lowest BCUT2D eigenvalue weighted by atomic mass is 9.82.